The van der Waals surface area contributed by atoms with Crippen LogP contribution in [0.3, 0.4) is 0 Å². The molecule has 164 valence electrons. The van der Waals surface area contributed by atoms with Crippen LogP contribution >= 0.6 is 0 Å². The lowest BCUT2D eigenvalue weighted by atomic mass is 10.1. The number of methoxy groups -OCH3 is 1. The number of hydrogen-bond donors (Lipinski definition) is 0. The van der Waals surface area contributed by atoms with Gasteiger partial charge >= 0.3 is 0 Å². The second-order valence-electron chi connectivity index (χ2n) is 10.6. The number of benzene rings is 2. The quantitative estimate of drug-likeness (QED) is 0.638. The molecule has 2 atom stereocenters. The summed E-state index contributed by atoms with van der Waals surface area (Å²) in [6, 6.07) is 22.3. The highest BCUT2D eigenvalue weighted by molar-refractivity contribution is 6.99. The maximum atomic E-state index is 7.38. The SMILES string of the molecule is COC[C@H]1C[C@@H](O[Si](c2ccccc2)(c2ccccc2)C(C)(C)C)CN1C(C)(C)C. The molecule has 2 aromatic rings. The van der Waals surface area contributed by atoms with Gasteiger partial charge in [-0.3, -0.25) is 4.90 Å². The Kier molecular flexibility index (Phi) is 6.93. The van der Waals surface area contributed by atoms with E-state index >= 15 is 0 Å². The van der Waals surface area contributed by atoms with Gasteiger partial charge in [0.1, 0.15) is 0 Å². The summed E-state index contributed by atoms with van der Waals surface area (Å²) >= 11 is 0. The Morgan fingerprint density at radius 2 is 1.37 bits per heavy atom. The molecule has 1 aliphatic rings. The van der Waals surface area contributed by atoms with E-state index in [-0.39, 0.29) is 16.7 Å². The lowest BCUT2D eigenvalue weighted by molar-refractivity contribution is 0.0581. The molecule has 2 aromatic carbocycles. The van der Waals surface area contributed by atoms with Gasteiger partial charge in [-0.05, 0) is 42.6 Å². The number of rotatable bonds is 6. The molecule has 0 amide bonds. The van der Waals surface area contributed by atoms with Crippen LogP contribution in [0.1, 0.15) is 48.0 Å². The molecule has 3 rings (SSSR count). The van der Waals surface area contributed by atoms with Crippen molar-refractivity contribution in [3.63, 3.8) is 0 Å². The normalized spacial score (nSPS) is 21.2. The topological polar surface area (TPSA) is 21.7 Å². The van der Waals surface area contributed by atoms with Crippen molar-refractivity contribution < 1.29 is 9.16 Å². The maximum absolute atomic E-state index is 7.38. The molecule has 0 radical (unpaired) electrons. The summed E-state index contributed by atoms with van der Waals surface area (Å²) in [6.45, 7) is 15.6. The highest BCUT2D eigenvalue weighted by Crippen LogP contribution is 2.39. The summed E-state index contributed by atoms with van der Waals surface area (Å²) in [5.74, 6) is 0. The van der Waals surface area contributed by atoms with Crippen LogP contribution < -0.4 is 10.4 Å². The number of likely N-dealkylation sites (tertiary alicyclic amines) is 1. The smallest absolute Gasteiger partial charge is 0.261 e. The molecule has 3 nitrogen and oxygen atoms in total. The average Bonchev–Trinajstić information content (AvgIpc) is 3.10. The summed E-state index contributed by atoms with van der Waals surface area (Å²) < 4.78 is 13.0. The van der Waals surface area contributed by atoms with Crippen LogP contribution in [0.15, 0.2) is 60.7 Å². The van der Waals surface area contributed by atoms with Gasteiger partial charge in [0, 0.05) is 25.2 Å². The van der Waals surface area contributed by atoms with E-state index in [0.717, 1.165) is 19.6 Å². The Bertz CT molecular complexity index is 756. The molecule has 1 aliphatic heterocycles. The van der Waals surface area contributed by atoms with E-state index < -0.39 is 8.32 Å². The van der Waals surface area contributed by atoms with Crippen LogP contribution in [0.2, 0.25) is 5.04 Å². The van der Waals surface area contributed by atoms with Gasteiger partial charge < -0.3 is 9.16 Å². The van der Waals surface area contributed by atoms with Crippen LogP contribution in [-0.4, -0.2) is 51.2 Å². The first-order valence-corrected chi connectivity index (χ1v) is 13.0. The summed E-state index contributed by atoms with van der Waals surface area (Å²) in [4.78, 5) is 2.57. The molecular formula is C26H39NO2Si. The molecule has 4 heteroatoms. The second-order valence-corrected chi connectivity index (χ2v) is 14.8. The van der Waals surface area contributed by atoms with Gasteiger partial charge in [-0.1, -0.05) is 81.4 Å². The van der Waals surface area contributed by atoms with Crippen molar-refractivity contribution in [1.82, 2.24) is 4.90 Å². The summed E-state index contributed by atoms with van der Waals surface area (Å²) in [5.41, 5.74) is 0.0900. The van der Waals surface area contributed by atoms with Crippen LogP contribution in [-0.2, 0) is 9.16 Å². The number of ether oxygens (including phenoxy) is 1. The lowest BCUT2D eigenvalue weighted by Gasteiger charge is -2.45. The van der Waals surface area contributed by atoms with Crippen LogP contribution in [0.4, 0.5) is 0 Å². The first kappa shape index (κ1) is 23.2. The molecule has 0 saturated carbocycles. The predicted octanol–water partition coefficient (Wildman–Crippen LogP) is 4.45. The van der Waals surface area contributed by atoms with Gasteiger partial charge in [0.05, 0.1) is 12.7 Å². The van der Waals surface area contributed by atoms with Gasteiger partial charge in [-0.25, -0.2) is 0 Å². The fourth-order valence-corrected chi connectivity index (χ4v) is 9.76. The molecule has 30 heavy (non-hydrogen) atoms. The molecule has 0 bridgehead atoms. The van der Waals surface area contributed by atoms with Crippen molar-refractivity contribution in [3.05, 3.63) is 60.7 Å². The third kappa shape index (κ3) is 4.57. The van der Waals surface area contributed by atoms with Crippen LogP contribution in [0, 0.1) is 0 Å². The van der Waals surface area contributed by atoms with Crippen molar-refractivity contribution in [3.8, 4) is 0 Å². The van der Waals surface area contributed by atoms with E-state index in [2.05, 4.69) is 107 Å². The average molecular weight is 426 g/mol. The van der Waals surface area contributed by atoms with Crippen molar-refractivity contribution in [2.24, 2.45) is 0 Å². The first-order chi connectivity index (χ1) is 14.1. The third-order valence-electron chi connectivity index (χ3n) is 6.36. The zero-order valence-electron chi connectivity index (χ0n) is 19.8. The molecule has 1 fully saturated rings. The Hall–Kier alpha value is -1.46. The van der Waals surface area contributed by atoms with E-state index in [4.69, 9.17) is 9.16 Å². The third-order valence-corrected chi connectivity index (χ3v) is 11.4. The molecule has 1 heterocycles. The molecule has 1 saturated heterocycles. The molecule has 0 N–H and O–H groups in total. The van der Waals surface area contributed by atoms with Gasteiger partial charge in [0.2, 0.25) is 0 Å². The molecular weight excluding hydrogens is 386 g/mol. The predicted molar refractivity (Wildman–Crippen MR) is 129 cm³/mol. The zero-order valence-corrected chi connectivity index (χ0v) is 20.8. The molecule has 0 unspecified atom stereocenters. The Balaban J connectivity index is 2.06. The minimum atomic E-state index is -2.52. The molecule has 0 spiro atoms. The van der Waals surface area contributed by atoms with E-state index in [9.17, 15) is 0 Å². The summed E-state index contributed by atoms with van der Waals surface area (Å²) in [6.07, 6.45) is 1.20. The maximum Gasteiger partial charge on any atom is 0.261 e. The largest absolute Gasteiger partial charge is 0.403 e. The van der Waals surface area contributed by atoms with Gasteiger partial charge in [0.15, 0.2) is 0 Å². The number of hydrogen-bond acceptors (Lipinski definition) is 3. The molecule has 0 aromatic heterocycles. The minimum absolute atomic E-state index is 0.00160. The van der Waals surface area contributed by atoms with Crippen molar-refractivity contribution in [2.75, 3.05) is 20.3 Å². The van der Waals surface area contributed by atoms with Crippen LogP contribution in [0.5, 0.6) is 0 Å². The van der Waals surface area contributed by atoms with E-state index in [0.29, 0.717) is 6.04 Å². The second kappa shape index (κ2) is 8.95. The van der Waals surface area contributed by atoms with E-state index in [1.807, 2.05) is 0 Å². The van der Waals surface area contributed by atoms with Crippen molar-refractivity contribution >= 4 is 18.7 Å². The Morgan fingerprint density at radius 3 is 1.77 bits per heavy atom. The van der Waals surface area contributed by atoms with Crippen LogP contribution in [0.25, 0.3) is 0 Å². The fourth-order valence-electron chi connectivity index (χ4n) is 5.07. The Labute approximate surface area is 184 Å². The minimum Gasteiger partial charge on any atom is -0.403 e. The monoisotopic (exact) mass is 425 g/mol. The fraction of sp³-hybridized carbons (Fsp3) is 0.538. The lowest BCUT2D eigenvalue weighted by Crippen LogP contribution is -2.68. The first-order valence-electron chi connectivity index (χ1n) is 11.1. The van der Waals surface area contributed by atoms with Gasteiger partial charge in [0.25, 0.3) is 8.32 Å². The standard InChI is InChI=1S/C26H39NO2Si/c1-25(2,3)27-19-22(18-21(27)20-28-7)29-30(26(4,5)6,23-14-10-8-11-15-23)24-16-12-9-13-17-24/h8-17,21-22H,18-20H2,1-7H3/t21-,22-/m1/s1. The van der Waals surface area contributed by atoms with E-state index in [1.165, 1.54) is 10.4 Å². The highest BCUT2D eigenvalue weighted by Gasteiger charge is 2.53. The van der Waals surface area contributed by atoms with E-state index in [1.54, 1.807) is 7.11 Å². The Morgan fingerprint density at radius 1 is 0.867 bits per heavy atom. The summed E-state index contributed by atoms with van der Waals surface area (Å²) in [5, 5.41) is 2.70. The van der Waals surface area contributed by atoms with Gasteiger partial charge in [-0.2, -0.15) is 0 Å². The zero-order chi connectivity index (χ0) is 22.0. The summed E-state index contributed by atoms with van der Waals surface area (Å²) in [7, 11) is -0.720. The van der Waals surface area contributed by atoms with Crippen molar-refractivity contribution in [2.45, 2.75) is 70.7 Å². The highest BCUT2D eigenvalue weighted by atomic mass is 28.4. The van der Waals surface area contributed by atoms with Crippen molar-refractivity contribution in [1.29, 1.82) is 0 Å². The molecule has 0 aliphatic carbocycles. The van der Waals surface area contributed by atoms with Gasteiger partial charge in [-0.15, -0.1) is 0 Å². The number of nitrogens with zero attached hydrogens (tertiary/aromatic N) is 1.